The van der Waals surface area contributed by atoms with E-state index >= 15 is 0 Å². The minimum Gasteiger partial charge on any atom is -0.338 e. The van der Waals surface area contributed by atoms with E-state index in [-0.39, 0.29) is 12.1 Å². The molecule has 3 heteroatoms. The van der Waals surface area contributed by atoms with Crippen LogP contribution in [-0.2, 0) is 6.54 Å². The summed E-state index contributed by atoms with van der Waals surface area (Å²) < 4.78 is 0. The molecule has 1 aromatic carbocycles. The van der Waals surface area contributed by atoms with Crippen LogP contribution in [0.5, 0.6) is 0 Å². The van der Waals surface area contributed by atoms with Gasteiger partial charge in [-0.25, -0.2) is 4.79 Å². The van der Waals surface area contributed by atoms with Crippen molar-refractivity contribution >= 4 is 6.03 Å². The van der Waals surface area contributed by atoms with Gasteiger partial charge in [-0.05, 0) is 25.8 Å². The Labute approximate surface area is 110 Å². The van der Waals surface area contributed by atoms with E-state index in [4.69, 9.17) is 0 Å². The summed E-state index contributed by atoms with van der Waals surface area (Å²) in [6.45, 7) is 7.63. The molecular weight excluding hydrogens is 224 g/mol. The van der Waals surface area contributed by atoms with Crippen LogP contribution in [0.2, 0.25) is 0 Å². The number of rotatable bonds is 6. The van der Waals surface area contributed by atoms with E-state index in [0.717, 1.165) is 24.9 Å². The molecule has 0 bridgehead atoms. The molecule has 1 N–H and O–H groups in total. The molecule has 3 nitrogen and oxygen atoms in total. The topological polar surface area (TPSA) is 32.3 Å². The first-order valence-corrected chi connectivity index (χ1v) is 6.73. The predicted molar refractivity (Wildman–Crippen MR) is 75.4 cm³/mol. The molecule has 1 aromatic rings. The summed E-state index contributed by atoms with van der Waals surface area (Å²) in [5, 5.41) is 2.97. The van der Waals surface area contributed by atoms with Crippen LogP contribution in [0.15, 0.2) is 30.3 Å². The Balaban J connectivity index is 2.57. The molecule has 2 amide bonds. The van der Waals surface area contributed by atoms with Gasteiger partial charge in [-0.1, -0.05) is 43.7 Å². The van der Waals surface area contributed by atoms with Crippen LogP contribution < -0.4 is 5.32 Å². The molecule has 0 aliphatic heterocycles. The maximum absolute atomic E-state index is 12.1. The SMILES string of the molecule is CCCCNC(=O)N(Cc1ccccc1)C(C)C. The molecule has 0 fully saturated rings. The summed E-state index contributed by atoms with van der Waals surface area (Å²) in [6.07, 6.45) is 2.13. The van der Waals surface area contributed by atoms with Gasteiger partial charge in [0, 0.05) is 19.1 Å². The smallest absolute Gasteiger partial charge is 0.317 e. The average Bonchev–Trinajstić information content (AvgIpc) is 2.37. The number of hydrogen-bond acceptors (Lipinski definition) is 1. The lowest BCUT2D eigenvalue weighted by Crippen LogP contribution is -2.43. The van der Waals surface area contributed by atoms with Crippen molar-refractivity contribution in [1.29, 1.82) is 0 Å². The van der Waals surface area contributed by atoms with Gasteiger partial charge in [0.1, 0.15) is 0 Å². The summed E-state index contributed by atoms with van der Waals surface area (Å²) in [4.78, 5) is 13.9. The Morgan fingerprint density at radius 3 is 2.50 bits per heavy atom. The van der Waals surface area contributed by atoms with E-state index in [1.54, 1.807) is 0 Å². The lowest BCUT2D eigenvalue weighted by atomic mass is 10.2. The van der Waals surface area contributed by atoms with Crippen LogP contribution in [0.25, 0.3) is 0 Å². The highest BCUT2D eigenvalue weighted by Crippen LogP contribution is 2.08. The van der Waals surface area contributed by atoms with Crippen LogP contribution >= 0.6 is 0 Å². The maximum atomic E-state index is 12.1. The van der Waals surface area contributed by atoms with Gasteiger partial charge in [0.25, 0.3) is 0 Å². The van der Waals surface area contributed by atoms with Gasteiger partial charge in [0.15, 0.2) is 0 Å². The van der Waals surface area contributed by atoms with Gasteiger partial charge in [0.2, 0.25) is 0 Å². The number of benzene rings is 1. The normalized spacial score (nSPS) is 10.4. The molecule has 0 heterocycles. The predicted octanol–water partition coefficient (Wildman–Crippen LogP) is 3.41. The monoisotopic (exact) mass is 248 g/mol. The average molecular weight is 248 g/mol. The van der Waals surface area contributed by atoms with E-state index < -0.39 is 0 Å². The lowest BCUT2D eigenvalue weighted by Gasteiger charge is -2.27. The number of nitrogens with zero attached hydrogens (tertiary/aromatic N) is 1. The number of urea groups is 1. The number of carbonyl (C=O) groups excluding carboxylic acids is 1. The minimum atomic E-state index is 0.0299. The number of amides is 2. The molecule has 18 heavy (non-hydrogen) atoms. The highest BCUT2D eigenvalue weighted by atomic mass is 16.2. The first-order chi connectivity index (χ1) is 8.65. The Bertz CT molecular complexity index is 349. The zero-order chi connectivity index (χ0) is 13.4. The molecule has 0 spiro atoms. The molecule has 0 saturated carbocycles. The molecule has 0 radical (unpaired) electrons. The minimum absolute atomic E-state index is 0.0299. The third-order valence-corrected chi connectivity index (χ3v) is 2.89. The fourth-order valence-corrected chi connectivity index (χ4v) is 1.74. The van der Waals surface area contributed by atoms with E-state index in [1.165, 1.54) is 0 Å². The quantitative estimate of drug-likeness (QED) is 0.769. The molecule has 1 rings (SSSR count). The highest BCUT2D eigenvalue weighted by Gasteiger charge is 2.16. The zero-order valence-electron chi connectivity index (χ0n) is 11.6. The second-order valence-electron chi connectivity index (χ2n) is 4.79. The summed E-state index contributed by atoms with van der Waals surface area (Å²) in [6, 6.07) is 10.3. The standard InChI is InChI=1S/C15H24N2O/c1-4-5-11-16-15(18)17(13(2)3)12-14-9-7-6-8-10-14/h6-10,13H,4-5,11-12H2,1-3H3,(H,16,18). The van der Waals surface area contributed by atoms with Crippen molar-refractivity contribution in [2.45, 2.75) is 46.2 Å². The second kappa shape index (κ2) is 7.75. The van der Waals surface area contributed by atoms with Crippen LogP contribution in [0, 0.1) is 0 Å². The van der Waals surface area contributed by atoms with Crippen molar-refractivity contribution in [2.24, 2.45) is 0 Å². The van der Waals surface area contributed by atoms with Crippen LogP contribution in [-0.4, -0.2) is 23.5 Å². The first kappa shape index (κ1) is 14.6. The Hall–Kier alpha value is -1.51. The molecule has 0 saturated heterocycles. The molecule has 0 aromatic heterocycles. The van der Waals surface area contributed by atoms with Crippen molar-refractivity contribution in [1.82, 2.24) is 10.2 Å². The van der Waals surface area contributed by atoms with Gasteiger partial charge >= 0.3 is 6.03 Å². The van der Waals surface area contributed by atoms with Crippen molar-refractivity contribution in [2.75, 3.05) is 6.54 Å². The van der Waals surface area contributed by atoms with E-state index in [1.807, 2.05) is 36.9 Å². The molecule has 0 unspecified atom stereocenters. The van der Waals surface area contributed by atoms with Crippen LogP contribution in [0.4, 0.5) is 4.79 Å². The summed E-state index contributed by atoms with van der Waals surface area (Å²) in [5.74, 6) is 0. The molecule has 0 atom stereocenters. The van der Waals surface area contributed by atoms with E-state index in [9.17, 15) is 4.79 Å². The van der Waals surface area contributed by atoms with Crippen molar-refractivity contribution in [3.63, 3.8) is 0 Å². The first-order valence-electron chi connectivity index (χ1n) is 6.73. The van der Waals surface area contributed by atoms with E-state index in [2.05, 4.69) is 24.4 Å². The molecule has 100 valence electrons. The van der Waals surface area contributed by atoms with Gasteiger partial charge in [-0.15, -0.1) is 0 Å². The lowest BCUT2D eigenvalue weighted by molar-refractivity contribution is 0.179. The van der Waals surface area contributed by atoms with Crippen LogP contribution in [0.3, 0.4) is 0 Å². The maximum Gasteiger partial charge on any atom is 0.317 e. The van der Waals surface area contributed by atoms with Gasteiger partial charge in [0.05, 0.1) is 0 Å². The highest BCUT2D eigenvalue weighted by molar-refractivity contribution is 5.74. The largest absolute Gasteiger partial charge is 0.338 e. The Morgan fingerprint density at radius 2 is 1.94 bits per heavy atom. The number of nitrogens with one attached hydrogen (secondary N) is 1. The number of carbonyl (C=O) groups is 1. The number of unbranched alkanes of at least 4 members (excludes halogenated alkanes) is 1. The van der Waals surface area contributed by atoms with Gasteiger partial charge in [-0.3, -0.25) is 0 Å². The Kier molecular flexibility index (Phi) is 6.26. The molecule has 0 aliphatic carbocycles. The fourth-order valence-electron chi connectivity index (χ4n) is 1.74. The van der Waals surface area contributed by atoms with Crippen molar-refractivity contribution < 1.29 is 4.79 Å². The molecular formula is C15H24N2O. The number of hydrogen-bond donors (Lipinski definition) is 1. The second-order valence-corrected chi connectivity index (χ2v) is 4.79. The summed E-state index contributed by atoms with van der Waals surface area (Å²) in [5.41, 5.74) is 1.16. The Morgan fingerprint density at radius 1 is 1.28 bits per heavy atom. The van der Waals surface area contributed by atoms with Gasteiger partial charge in [-0.2, -0.15) is 0 Å². The van der Waals surface area contributed by atoms with Crippen LogP contribution in [0.1, 0.15) is 39.2 Å². The van der Waals surface area contributed by atoms with Crippen molar-refractivity contribution in [3.05, 3.63) is 35.9 Å². The summed E-state index contributed by atoms with van der Waals surface area (Å²) in [7, 11) is 0. The summed E-state index contributed by atoms with van der Waals surface area (Å²) >= 11 is 0. The third-order valence-electron chi connectivity index (χ3n) is 2.89. The molecule has 0 aliphatic rings. The van der Waals surface area contributed by atoms with E-state index in [0.29, 0.717) is 6.54 Å². The van der Waals surface area contributed by atoms with Crippen molar-refractivity contribution in [3.8, 4) is 0 Å². The van der Waals surface area contributed by atoms with Gasteiger partial charge < -0.3 is 10.2 Å². The zero-order valence-corrected chi connectivity index (χ0v) is 11.6. The third kappa shape index (κ3) is 4.78. The fraction of sp³-hybridized carbons (Fsp3) is 0.533.